The molecule has 1 heteroatoms. The molecule has 0 spiro atoms. The number of nitrogens with zero attached hydrogens (tertiary/aromatic N) is 1. The van der Waals surface area contributed by atoms with Gasteiger partial charge >= 0.3 is 0 Å². The first-order valence-electron chi connectivity index (χ1n) is 23.0. The zero-order chi connectivity index (χ0) is 45.6. The number of hydrogen-bond acceptors (Lipinski definition) is 1. The molecule has 0 saturated carbocycles. The van der Waals surface area contributed by atoms with Crippen molar-refractivity contribution in [3.8, 4) is 78.0 Å². The van der Waals surface area contributed by atoms with Gasteiger partial charge in [0.25, 0.3) is 0 Å². The third kappa shape index (κ3) is 9.90. The van der Waals surface area contributed by atoms with Gasteiger partial charge in [-0.3, -0.25) is 4.98 Å². The molecule has 64 heavy (non-hydrogen) atoms. The third-order valence-corrected chi connectivity index (χ3v) is 12.8. The summed E-state index contributed by atoms with van der Waals surface area (Å²) in [5, 5.41) is 0. The number of rotatable bonds is 7. The van der Waals surface area contributed by atoms with Crippen molar-refractivity contribution in [2.24, 2.45) is 0 Å². The van der Waals surface area contributed by atoms with Crippen LogP contribution in [0.3, 0.4) is 0 Å². The quantitative estimate of drug-likeness (QED) is 0.156. The van der Waals surface area contributed by atoms with E-state index in [1.54, 1.807) is 0 Å². The third-order valence-electron chi connectivity index (χ3n) is 12.8. The molecule has 0 aliphatic heterocycles. The smallest absolute Gasteiger partial charge is 0.0708 e. The molecule has 7 aromatic carbocycles. The molecule has 0 amide bonds. The van der Waals surface area contributed by atoms with E-state index in [0.29, 0.717) is 0 Å². The Bertz CT molecular complexity index is 2730. The summed E-state index contributed by atoms with van der Waals surface area (Å²) in [6.07, 6.45) is 1.95. The van der Waals surface area contributed by atoms with E-state index in [0.717, 1.165) is 16.8 Å². The number of benzene rings is 7. The van der Waals surface area contributed by atoms with Crippen molar-refractivity contribution in [2.45, 2.75) is 105 Å². The Morgan fingerprint density at radius 1 is 0.219 bits per heavy atom. The van der Waals surface area contributed by atoms with Crippen molar-refractivity contribution in [1.29, 1.82) is 0 Å². The molecule has 0 unspecified atom stereocenters. The van der Waals surface area contributed by atoms with Gasteiger partial charge in [0.1, 0.15) is 0 Å². The molecule has 0 N–H and O–H groups in total. The number of hydrogen-bond donors (Lipinski definition) is 0. The molecule has 0 aliphatic carbocycles. The summed E-state index contributed by atoms with van der Waals surface area (Å²) in [6.45, 7) is 27.2. The number of pyridine rings is 1. The molecule has 8 rings (SSSR count). The molecule has 322 valence electrons. The predicted molar refractivity (Wildman–Crippen MR) is 277 cm³/mol. The highest BCUT2D eigenvalue weighted by molar-refractivity contribution is 5.84. The fourth-order valence-electron chi connectivity index (χ4n) is 8.51. The van der Waals surface area contributed by atoms with Gasteiger partial charge in [-0.1, -0.05) is 204 Å². The Morgan fingerprint density at radius 3 is 0.688 bits per heavy atom. The first-order chi connectivity index (χ1) is 30.2. The van der Waals surface area contributed by atoms with Crippen molar-refractivity contribution in [3.05, 3.63) is 198 Å². The normalized spacial score (nSPS) is 12.4. The van der Waals surface area contributed by atoms with Gasteiger partial charge in [-0.2, -0.15) is 0 Å². The van der Waals surface area contributed by atoms with Crippen LogP contribution in [0.25, 0.3) is 78.0 Å². The summed E-state index contributed by atoms with van der Waals surface area (Å²) in [4.78, 5) is 4.92. The van der Waals surface area contributed by atoms with Crippen LogP contribution in [0.4, 0.5) is 0 Å². The Labute approximate surface area is 384 Å². The van der Waals surface area contributed by atoms with E-state index in [9.17, 15) is 0 Å². The van der Waals surface area contributed by atoms with Crippen LogP contribution in [0.15, 0.2) is 176 Å². The minimum Gasteiger partial charge on any atom is -0.256 e. The average Bonchev–Trinajstić information content (AvgIpc) is 3.28. The lowest BCUT2D eigenvalue weighted by Gasteiger charge is -2.20. The average molecular weight is 836 g/mol. The van der Waals surface area contributed by atoms with Gasteiger partial charge in [-0.05, 0) is 159 Å². The SMILES string of the molecule is CC(C)(C)c1ccc(-c2cc(-c3ccc(-c4cc(-c5cc(-c6ccc(C(C)(C)C)cc6)cc(-c6ccc(C(C)(C)C)cc6)c5)ccn4)cc3)cc(-c3ccc(C(C)(C)C)cc3)c2)cc1. The second-order valence-corrected chi connectivity index (χ2v) is 21.9. The second kappa shape index (κ2) is 17.0. The van der Waals surface area contributed by atoms with Gasteiger partial charge in [0, 0.05) is 11.8 Å². The van der Waals surface area contributed by atoms with Crippen LogP contribution >= 0.6 is 0 Å². The van der Waals surface area contributed by atoms with Crippen molar-refractivity contribution in [2.75, 3.05) is 0 Å². The fourth-order valence-corrected chi connectivity index (χ4v) is 8.51. The van der Waals surface area contributed by atoms with Crippen molar-refractivity contribution < 1.29 is 0 Å². The molecule has 1 aromatic heterocycles. The van der Waals surface area contributed by atoms with E-state index in [-0.39, 0.29) is 21.7 Å². The minimum absolute atomic E-state index is 0.0940. The highest BCUT2D eigenvalue weighted by Gasteiger charge is 2.18. The Balaban J connectivity index is 1.16. The summed E-state index contributed by atoms with van der Waals surface area (Å²) in [7, 11) is 0. The standard InChI is InChI=1S/C63H65N/c1-60(2,3)55-25-17-43(18-26-55)50-35-49(36-51(37-50)44-19-27-56(28-20-44)61(4,5)6)42-13-15-47(16-14-42)59-41-48(33-34-64-59)54-39-52(45-21-29-57(30-22-45)62(7,8)9)38-53(40-54)46-23-31-58(32-24-46)63(10,11)12/h13-41H,1-12H3. The first-order valence-corrected chi connectivity index (χ1v) is 23.0. The lowest BCUT2D eigenvalue weighted by atomic mass is 9.85. The first kappa shape index (κ1) is 44.3. The lowest BCUT2D eigenvalue weighted by Crippen LogP contribution is -2.10. The maximum atomic E-state index is 4.92. The van der Waals surface area contributed by atoms with Crippen molar-refractivity contribution in [3.63, 3.8) is 0 Å². The summed E-state index contributed by atoms with van der Waals surface area (Å²) in [6, 6.07) is 63.8. The van der Waals surface area contributed by atoms with Crippen LogP contribution in [-0.4, -0.2) is 4.98 Å². The molecular weight excluding hydrogens is 771 g/mol. The van der Waals surface area contributed by atoms with E-state index < -0.39 is 0 Å². The van der Waals surface area contributed by atoms with Gasteiger partial charge < -0.3 is 0 Å². The Kier molecular flexibility index (Phi) is 11.8. The van der Waals surface area contributed by atoms with Crippen molar-refractivity contribution in [1.82, 2.24) is 4.98 Å². The second-order valence-electron chi connectivity index (χ2n) is 21.9. The van der Waals surface area contributed by atoms with Crippen LogP contribution in [0, 0.1) is 0 Å². The van der Waals surface area contributed by atoms with E-state index in [4.69, 9.17) is 4.98 Å². The largest absolute Gasteiger partial charge is 0.256 e. The predicted octanol–water partition coefficient (Wildman–Crippen LogP) is 17.9. The van der Waals surface area contributed by atoms with Crippen molar-refractivity contribution >= 4 is 0 Å². The minimum atomic E-state index is 0.0940. The molecule has 0 bridgehead atoms. The molecule has 0 aliphatic rings. The molecule has 0 saturated heterocycles. The topological polar surface area (TPSA) is 12.9 Å². The van der Waals surface area contributed by atoms with E-state index >= 15 is 0 Å². The van der Waals surface area contributed by atoms with Crippen LogP contribution in [0.5, 0.6) is 0 Å². The molecule has 0 radical (unpaired) electrons. The van der Waals surface area contributed by atoms with Crippen LogP contribution in [-0.2, 0) is 21.7 Å². The van der Waals surface area contributed by atoms with Gasteiger partial charge in [0.05, 0.1) is 5.69 Å². The molecule has 1 nitrogen and oxygen atoms in total. The maximum absolute atomic E-state index is 4.92. The highest BCUT2D eigenvalue weighted by atomic mass is 14.7. The Morgan fingerprint density at radius 2 is 0.438 bits per heavy atom. The van der Waals surface area contributed by atoms with Crippen LogP contribution in [0.2, 0.25) is 0 Å². The summed E-state index contributed by atoms with van der Waals surface area (Å²) in [5.41, 5.74) is 22.1. The monoisotopic (exact) mass is 836 g/mol. The molecule has 1 heterocycles. The molecular formula is C63H65N. The molecule has 8 aromatic rings. The van der Waals surface area contributed by atoms with Gasteiger partial charge in [0.15, 0.2) is 0 Å². The van der Waals surface area contributed by atoms with Gasteiger partial charge in [0.2, 0.25) is 0 Å². The zero-order valence-corrected chi connectivity index (χ0v) is 40.2. The fraction of sp³-hybridized carbons (Fsp3) is 0.254. The lowest BCUT2D eigenvalue weighted by molar-refractivity contribution is 0.590. The zero-order valence-electron chi connectivity index (χ0n) is 40.2. The summed E-state index contributed by atoms with van der Waals surface area (Å²) < 4.78 is 0. The van der Waals surface area contributed by atoms with E-state index in [1.165, 1.54) is 83.5 Å². The Hall–Kier alpha value is -6.31. The number of aromatic nitrogens is 1. The van der Waals surface area contributed by atoms with Gasteiger partial charge in [-0.15, -0.1) is 0 Å². The van der Waals surface area contributed by atoms with Crippen LogP contribution in [0.1, 0.15) is 105 Å². The van der Waals surface area contributed by atoms with E-state index in [1.807, 2.05) is 6.20 Å². The van der Waals surface area contributed by atoms with Crippen LogP contribution < -0.4 is 0 Å². The van der Waals surface area contributed by atoms with Gasteiger partial charge in [-0.25, -0.2) is 0 Å². The summed E-state index contributed by atoms with van der Waals surface area (Å²) >= 11 is 0. The van der Waals surface area contributed by atoms with E-state index in [2.05, 4.69) is 253 Å². The molecule has 0 atom stereocenters. The molecule has 0 fully saturated rings. The highest BCUT2D eigenvalue weighted by Crippen LogP contribution is 2.38. The maximum Gasteiger partial charge on any atom is 0.0708 e. The summed E-state index contributed by atoms with van der Waals surface area (Å²) in [5.74, 6) is 0.